The average Bonchev–Trinajstić information content (AvgIpc) is 3.20. The molecule has 9 heteroatoms. The van der Waals surface area contributed by atoms with Gasteiger partial charge in [0.05, 0.1) is 14.2 Å². The summed E-state index contributed by atoms with van der Waals surface area (Å²) in [5, 5.41) is 16.0. The molecule has 0 aliphatic carbocycles. The van der Waals surface area contributed by atoms with Crippen LogP contribution in [0, 0.1) is 5.82 Å². The van der Waals surface area contributed by atoms with Gasteiger partial charge in [-0.15, -0.1) is 0 Å². The SMILES string of the molecule is COc1ccc(OC)c(C(O)CNC(=O)NC(c2cccc(F)c2)c2nccn2C)c1. The van der Waals surface area contributed by atoms with Gasteiger partial charge < -0.3 is 29.8 Å². The summed E-state index contributed by atoms with van der Waals surface area (Å²) in [6.07, 6.45) is 2.30. The highest BCUT2D eigenvalue weighted by Gasteiger charge is 2.22. The van der Waals surface area contributed by atoms with E-state index in [1.54, 1.807) is 54.3 Å². The Morgan fingerprint density at radius 2 is 2.03 bits per heavy atom. The largest absolute Gasteiger partial charge is 0.497 e. The zero-order valence-corrected chi connectivity index (χ0v) is 17.5. The molecule has 0 radical (unpaired) electrons. The maximum absolute atomic E-state index is 13.8. The number of rotatable bonds is 8. The molecule has 2 unspecified atom stereocenters. The maximum atomic E-state index is 13.8. The number of carbonyl (C=O) groups is 1. The predicted molar refractivity (Wildman–Crippen MR) is 112 cm³/mol. The number of benzene rings is 2. The topological polar surface area (TPSA) is 97.6 Å². The molecule has 31 heavy (non-hydrogen) atoms. The quantitative estimate of drug-likeness (QED) is 0.513. The number of hydrogen-bond donors (Lipinski definition) is 3. The summed E-state index contributed by atoms with van der Waals surface area (Å²) in [5.74, 6) is 1.15. The fraction of sp³-hybridized carbons (Fsp3) is 0.273. The number of aliphatic hydroxyl groups excluding tert-OH is 1. The van der Waals surface area contributed by atoms with E-state index in [1.165, 1.54) is 26.4 Å². The Labute approximate surface area is 179 Å². The Morgan fingerprint density at radius 1 is 1.23 bits per heavy atom. The summed E-state index contributed by atoms with van der Waals surface area (Å²) >= 11 is 0. The number of nitrogens with one attached hydrogen (secondary N) is 2. The minimum absolute atomic E-state index is 0.0776. The molecule has 2 amide bonds. The number of methoxy groups -OCH3 is 2. The van der Waals surface area contributed by atoms with Gasteiger partial charge >= 0.3 is 6.03 Å². The van der Waals surface area contributed by atoms with Crippen molar-refractivity contribution in [3.8, 4) is 11.5 Å². The van der Waals surface area contributed by atoms with Crippen LogP contribution in [0.5, 0.6) is 11.5 Å². The summed E-state index contributed by atoms with van der Waals surface area (Å²) < 4.78 is 26.0. The van der Waals surface area contributed by atoms with E-state index in [4.69, 9.17) is 9.47 Å². The molecular weight excluding hydrogens is 403 g/mol. The number of aromatic nitrogens is 2. The van der Waals surface area contributed by atoms with Crippen LogP contribution in [-0.4, -0.2) is 41.5 Å². The van der Waals surface area contributed by atoms with Gasteiger partial charge in [0.2, 0.25) is 0 Å². The number of carbonyl (C=O) groups excluding carboxylic acids is 1. The summed E-state index contributed by atoms with van der Waals surface area (Å²) in [5.41, 5.74) is 1.02. The van der Waals surface area contributed by atoms with Gasteiger partial charge in [-0.25, -0.2) is 14.2 Å². The molecule has 1 aromatic heterocycles. The van der Waals surface area contributed by atoms with Crippen LogP contribution in [0.1, 0.15) is 29.1 Å². The summed E-state index contributed by atoms with van der Waals surface area (Å²) in [6, 6.07) is 9.76. The lowest BCUT2D eigenvalue weighted by Crippen LogP contribution is -2.41. The van der Waals surface area contributed by atoms with Gasteiger partial charge in [-0.2, -0.15) is 0 Å². The third-order valence-electron chi connectivity index (χ3n) is 4.83. The Kier molecular flexibility index (Phi) is 7.09. The Morgan fingerprint density at radius 3 is 2.68 bits per heavy atom. The molecule has 3 aromatic rings. The van der Waals surface area contributed by atoms with Gasteiger partial charge in [-0.05, 0) is 35.9 Å². The molecule has 164 valence electrons. The number of ether oxygens (including phenoxy) is 2. The lowest BCUT2D eigenvalue weighted by Gasteiger charge is -2.21. The second-order valence-corrected chi connectivity index (χ2v) is 6.86. The molecule has 3 rings (SSSR count). The summed E-state index contributed by atoms with van der Waals surface area (Å²) in [7, 11) is 4.80. The van der Waals surface area contributed by atoms with Crippen molar-refractivity contribution >= 4 is 6.03 Å². The zero-order chi connectivity index (χ0) is 22.4. The molecule has 0 bridgehead atoms. The molecular formula is C22H25FN4O4. The molecule has 0 fully saturated rings. The van der Waals surface area contributed by atoms with E-state index in [9.17, 15) is 14.3 Å². The number of urea groups is 1. The first-order chi connectivity index (χ1) is 14.9. The number of hydrogen-bond acceptors (Lipinski definition) is 5. The van der Waals surface area contributed by atoms with Crippen molar-refractivity contribution in [1.82, 2.24) is 20.2 Å². The Balaban J connectivity index is 1.73. The van der Waals surface area contributed by atoms with E-state index in [0.29, 0.717) is 28.5 Å². The molecule has 0 saturated heterocycles. The van der Waals surface area contributed by atoms with Crippen molar-refractivity contribution in [2.75, 3.05) is 20.8 Å². The van der Waals surface area contributed by atoms with Gasteiger partial charge in [-0.3, -0.25) is 0 Å². The highest BCUT2D eigenvalue weighted by Crippen LogP contribution is 2.29. The van der Waals surface area contributed by atoms with Gasteiger partial charge in [0.1, 0.15) is 35.3 Å². The Bertz CT molecular complexity index is 1040. The number of amides is 2. The van der Waals surface area contributed by atoms with Crippen LogP contribution >= 0.6 is 0 Å². The average molecular weight is 428 g/mol. The molecule has 1 heterocycles. The molecule has 0 aliphatic rings. The van der Waals surface area contributed by atoms with Crippen LogP contribution in [0.25, 0.3) is 0 Å². The van der Waals surface area contributed by atoms with Crippen molar-refractivity contribution in [3.63, 3.8) is 0 Å². The van der Waals surface area contributed by atoms with Crippen LogP contribution < -0.4 is 20.1 Å². The number of aryl methyl sites for hydroxylation is 1. The highest BCUT2D eigenvalue weighted by molar-refractivity contribution is 5.75. The first-order valence-corrected chi connectivity index (χ1v) is 9.60. The second kappa shape index (κ2) is 9.94. The minimum Gasteiger partial charge on any atom is -0.497 e. The molecule has 2 atom stereocenters. The first-order valence-electron chi connectivity index (χ1n) is 9.60. The van der Waals surface area contributed by atoms with E-state index in [0.717, 1.165) is 0 Å². The molecule has 8 nitrogen and oxygen atoms in total. The van der Waals surface area contributed by atoms with Gasteiger partial charge in [0.25, 0.3) is 0 Å². The summed E-state index contributed by atoms with van der Waals surface area (Å²) in [6.45, 7) is -0.0776. The van der Waals surface area contributed by atoms with Crippen LogP contribution in [0.2, 0.25) is 0 Å². The number of imidazole rings is 1. The minimum atomic E-state index is -1.03. The van der Waals surface area contributed by atoms with E-state index < -0.39 is 24.0 Å². The lowest BCUT2D eigenvalue weighted by atomic mass is 10.1. The lowest BCUT2D eigenvalue weighted by molar-refractivity contribution is 0.168. The number of nitrogens with zero attached hydrogens (tertiary/aromatic N) is 2. The van der Waals surface area contributed by atoms with Gasteiger partial charge in [-0.1, -0.05) is 12.1 Å². The molecule has 0 aliphatic heterocycles. The highest BCUT2D eigenvalue weighted by atomic mass is 19.1. The van der Waals surface area contributed by atoms with Crippen molar-refractivity contribution in [3.05, 3.63) is 77.6 Å². The second-order valence-electron chi connectivity index (χ2n) is 6.86. The van der Waals surface area contributed by atoms with Crippen LogP contribution in [0.4, 0.5) is 9.18 Å². The van der Waals surface area contributed by atoms with Crippen molar-refractivity contribution in [2.45, 2.75) is 12.1 Å². The fourth-order valence-corrected chi connectivity index (χ4v) is 3.22. The van der Waals surface area contributed by atoms with Crippen molar-refractivity contribution in [1.29, 1.82) is 0 Å². The molecule has 3 N–H and O–H groups in total. The molecule has 0 spiro atoms. The van der Waals surface area contributed by atoms with Crippen LogP contribution in [-0.2, 0) is 7.05 Å². The van der Waals surface area contributed by atoms with E-state index in [-0.39, 0.29) is 6.54 Å². The fourth-order valence-electron chi connectivity index (χ4n) is 3.22. The Hall–Kier alpha value is -3.59. The van der Waals surface area contributed by atoms with Crippen molar-refractivity contribution < 1.29 is 23.8 Å². The first kappa shape index (κ1) is 22.1. The van der Waals surface area contributed by atoms with E-state index >= 15 is 0 Å². The standard InChI is InChI=1S/C22H25FN4O4/c1-27-10-9-24-21(27)20(14-5-4-6-15(23)11-14)26-22(29)25-13-18(28)17-12-16(30-2)7-8-19(17)31-3/h4-12,18,20,28H,13H2,1-3H3,(H2,25,26,29). The third-order valence-corrected chi connectivity index (χ3v) is 4.83. The van der Waals surface area contributed by atoms with Crippen molar-refractivity contribution in [2.24, 2.45) is 7.05 Å². The van der Waals surface area contributed by atoms with E-state index in [1.807, 2.05) is 0 Å². The van der Waals surface area contributed by atoms with Gasteiger partial charge in [0.15, 0.2) is 0 Å². The normalized spacial score (nSPS) is 12.7. The molecule has 2 aromatic carbocycles. The summed E-state index contributed by atoms with van der Waals surface area (Å²) in [4.78, 5) is 16.9. The number of halogens is 1. The van der Waals surface area contributed by atoms with Crippen LogP contribution in [0.15, 0.2) is 54.9 Å². The molecule has 0 saturated carbocycles. The van der Waals surface area contributed by atoms with E-state index in [2.05, 4.69) is 15.6 Å². The predicted octanol–water partition coefficient (Wildman–Crippen LogP) is 2.70. The smallest absolute Gasteiger partial charge is 0.315 e. The van der Waals surface area contributed by atoms with Gasteiger partial charge in [0, 0.05) is 31.5 Å². The zero-order valence-electron chi connectivity index (χ0n) is 17.5. The maximum Gasteiger partial charge on any atom is 0.315 e. The third kappa shape index (κ3) is 5.32. The monoisotopic (exact) mass is 428 g/mol. The number of aliphatic hydroxyl groups is 1. The van der Waals surface area contributed by atoms with Crippen LogP contribution in [0.3, 0.4) is 0 Å².